The minimum atomic E-state index is 0.223. The Balaban J connectivity index is 1.76. The van der Waals surface area contributed by atoms with Crippen molar-refractivity contribution >= 4 is 28.7 Å². The maximum Gasteiger partial charge on any atom is 0.174 e. The molecule has 0 N–H and O–H groups in total. The molecule has 0 unspecified atom stereocenters. The van der Waals surface area contributed by atoms with Crippen molar-refractivity contribution < 1.29 is 4.79 Å². The Bertz CT molecular complexity index is 383. The molecule has 2 heterocycles. The van der Waals surface area contributed by atoms with E-state index in [1.165, 1.54) is 24.2 Å². The molecular weight excluding hydrogens is 254 g/mol. The van der Waals surface area contributed by atoms with Gasteiger partial charge in [-0.05, 0) is 44.0 Å². The zero-order valence-electron chi connectivity index (χ0n) is 10.1. The fraction of sp³-hybridized carbons (Fsp3) is 0.615. The molecule has 2 rings (SSSR count). The van der Waals surface area contributed by atoms with E-state index in [9.17, 15) is 4.79 Å². The highest BCUT2D eigenvalue weighted by Crippen LogP contribution is 2.23. The van der Waals surface area contributed by atoms with E-state index in [0.717, 1.165) is 30.4 Å². The van der Waals surface area contributed by atoms with Crippen LogP contribution in [0.4, 0.5) is 0 Å². The molecule has 1 aliphatic rings. The third-order valence-electron chi connectivity index (χ3n) is 3.38. The largest absolute Gasteiger partial charge is 0.303 e. The van der Waals surface area contributed by atoms with Crippen LogP contribution in [0, 0.1) is 5.92 Å². The van der Waals surface area contributed by atoms with Gasteiger partial charge in [-0.15, -0.1) is 11.3 Å². The smallest absolute Gasteiger partial charge is 0.174 e. The van der Waals surface area contributed by atoms with E-state index in [-0.39, 0.29) is 5.78 Å². The molecule has 4 heteroatoms. The molecule has 0 atom stereocenters. The Morgan fingerprint density at radius 2 is 2.18 bits per heavy atom. The molecule has 1 fully saturated rings. The predicted molar refractivity (Wildman–Crippen MR) is 73.1 cm³/mol. The highest BCUT2D eigenvalue weighted by Gasteiger charge is 2.17. The fourth-order valence-electron chi connectivity index (χ4n) is 2.13. The van der Waals surface area contributed by atoms with Crippen LogP contribution in [-0.2, 0) is 0 Å². The normalized spacial score (nSPS) is 18.5. The van der Waals surface area contributed by atoms with Gasteiger partial charge in [0.1, 0.15) is 0 Å². The van der Waals surface area contributed by atoms with Crippen molar-refractivity contribution in [1.29, 1.82) is 0 Å². The van der Waals surface area contributed by atoms with E-state index in [2.05, 4.69) is 11.8 Å². The first-order valence-corrected chi connectivity index (χ1v) is 7.35. The van der Waals surface area contributed by atoms with E-state index in [0.29, 0.717) is 10.8 Å². The summed E-state index contributed by atoms with van der Waals surface area (Å²) in [4.78, 5) is 15.1. The SMILES string of the molecule is CC1CCN(CCC(=O)c2ccc(Cl)s2)CC1. The molecule has 0 aliphatic carbocycles. The highest BCUT2D eigenvalue weighted by atomic mass is 35.5. The molecule has 94 valence electrons. The van der Waals surface area contributed by atoms with Gasteiger partial charge in [0.2, 0.25) is 0 Å². The topological polar surface area (TPSA) is 20.3 Å². The highest BCUT2D eigenvalue weighted by molar-refractivity contribution is 7.18. The Morgan fingerprint density at radius 1 is 1.47 bits per heavy atom. The van der Waals surface area contributed by atoms with Crippen LogP contribution in [0.2, 0.25) is 4.34 Å². The van der Waals surface area contributed by atoms with E-state index in [1.54, 1.807) is 6.07 Å². The van der Waals surface area contributed by atoms with Gasteiger partial charge in [-0.1, -0.05) is 18.5 Å². The lowest BCUT2D eigenvalue weighted by atomic mass is 9.99. The van der Waals surface area contributed by atoms with Crippen molar-refractivity contribution in [2.24, 2.45) is 5.92 Å². The summed E-state index contributed by atoms with van der Waals surface area (Å²) in [6, 6.07) is 3.62. The third-order valence-corrected chi connectivity index (χ3v) is 4.65. The van der Waals surface area contributed by atoms with Gasteiger partial charge in [0.05, 0.1) is 9.21 Å². The summed E-state index contributed by atoms with van der Waals surface area (Å²) in [6.07, 6.45) is 3.14. The lowest BCUT2D eigenvalue weighted by molar-refractivity contribution is 0.0957. The van der Waals surface area contributed by atoms with E-state index >= 15 is 0 Å². The number of rotatable bonds is 4. The standard InChI is InChI=1S/C13H18ClNOS/c1-10-4-7-15(8-5-10)9-6-11(16)12-2-3-13(14)17-12/h2-3,10H,4-9H2,1H3. The number of carbonyl (C=O) groups excluding carboxylic acids is 1. The minimum absolute atomic E-state index is 0.223. The molecule has 0 aromatic carbocycles. The lowest BCUT2D eigenvalue weighted by Crippen LogP contribution is -2.34. The summed E-state index contributed by atoms with van der Waals surface area (Å²) < 4.78 is 0.695. The predicted octanol–water partition coefficient (Wildman–Crippen LogP) is 3.71. The van der Waals surface area contributed by atoms with Gasteiger partial charge in [0.15, 0.2) is 5.78 Å². The molecule has 17 heavy (non-hydrogen) atoms. The maximum atomic E-state index is 11.9. The van der Waals surface area contributed by atoms with E-state index < -0.39 is 0 Å². The van der Waals surface area contributed by atoms with Gasteiger partial charge in [-0.25, -0.2) is 0 Å². The third kappa shape index (κ3) is 3.80. The summed E-state index contributed by atoms with van der Waals surface area (Å²) in [5.41, 5.74) is 0. The molecule has 0 bridgehead atoms. The second kappa shape index (κ2) is 5.98. The molecule has 1 aromatic rings. The van der Waals surface area contributed by atoms with Crippen LogP contribution in [0.25, 0.3) is 0 Å². The number of carbonyl (C=O) groups is 1. The summed E-state index contributed by atoms with van der Waals surface area (Å²) in [7, 11) is 0. The maximum absolute atomic E-state index is 11.9. The van der Waals surface area contributed by atoms with Gasteiger partial charge >= 0.3 is 0 Å². The van der Waals surface area contributed by atoms with Crippen molar-refractivity contribution in [3.8, 4) is 0 Å². The zero-order chi connectivity index (χ0) is 12.3. The van der Waals surface area contributed by atoms with Gasteiger partial charge in [-0.2, -0.15) is 0 Å². The lowest BCUT2D eigenvalue weighted by Gasteiger charge is -2.29. The summed E-state index contributed by atoms with van der Waals surface area (Å²) >= 11 is 7.21. The molecule has 0 saturated carbocycles. The molecule has 1 aliphatic heterocycles. The molecular formula is C13H18ClNOS. The van der Waals surface area contributed by atoms with Crippen molar-refractivity contribution in [1.82, 2.24) is 4.90 Å². The first kappa shape index (κ1) is 13.1. The van der Waals surface area contributed by atoms with Gasteiger partial charge in [0.25, 0.3) is 0 Å². The van der Waals surface area contributed by atoms with Gasteiger partial charge in [0, 0.05) is 13.0 Å². The molecule has 0 amide bonds. The number of hydrogen-bond acceptors (Lipinski definition) is 3. The fourth-order valence-corrected chi connectivity index (χ4v) is 3.14. The monoisotopic (exact) mass is 271 g/mol. The van der Waals surface area contributed by atoms with Crippen molar-refractivity contribution in [3.05, 3.63) is 21.3 Å². The number of hydrogen-bond donors (Lipinski definition) is 0. The van der Waals surface area contributed by atoms with Crippen LogP contribution in [0.3, 0.4) is 0 Å². The Labute approximate surface area is 112 Å². The first-order chi connectivity index (χ1) is 8.15. The summed E-state index contributed by atoms with van der Waals surface area (Å²) in [6.45, 7) is 5.47. The number of thiophene rings is 1. The van der Waals surface area contributed by atoms with Crippen molar-refractivity contribution in [3.63, 3.8) is 0 Å². The number of nitrogens with zero attached hydrogens (tertiary/aromatic N) is 1. The Hall–Kier alpha value is -0.380. The molecule has 0 radical (unpaired) electrons. The molecule has 0 spiro atoms. The number of halogens is 1. The Kier molecular flexibility index (Phi) is 4.60. The molecule has 1 saturated heterocycles. The van der Waals surface area contributed by atoms with Crippen molar-refractivity contribution in [2.75, 3.05) is 19.6 Å². The Morgan fingerprint density at radius 3 is 2.76 bits per heavy atom. The zero-order valence-corrected chi connectivity index (χ0v) is 11.7. The molecule has 1 aromatic heterocycles. The first-order valence-electron chi connectivity index (χ1n) is 6.16. The number of Topliss-reactive ketones (excluding diaryl/α,β-unsaturated/α-hetero) is 1. The number of piperidine rings is 1. The van der Waals surface area contributed by atoms with Crippen LogP contribution in [-0.4, -0.2) is 30.3 Å². The average Bonchev–Trinajstić information content (AvgIpc) is 2.75. The van der Waals surface area contributed by atoms with Gasteiger partial charge in [-0.3, -0.25) is 4.79 Å². The average molecular weight is 272 g/mol. The minimum Gasteiger partial charge on any atom is -0.303 e. The second-order valence-corrected chi connectivity index (χ2v) is 6.52. The van der Waals surface area contributed by atoms with Gasteiger partial charge < -0.3 is 4.90 Å². The summed E-state index contributed by atoms with van der Waals surface area (Å²) in [5.74, 6) is 1.07. The van der Waals surface area contributed by atoms with Crippen LogP contribution in [0.1, 0.15) is 35.9 Å². The van der Waals surface area contributed by atoms with E-state index in [4.69, 9.17) is 11.6 Å². The van der Waals surface area contributed by atoms with Crippen molar-refractivity contribution in [2.45, 2.75) is 26.2 Å². The molecule has 2 nitrogen and oxygen atoms in total. The second-order valence-electron chi connectivity index (χ2n) is 4.80. The number of ketones is 1. The number of likely N-dealkylation sites (tertiary alicyclic amines) is 1. The van der Waals surface area contributed by atoms with Crippen LogP contribution in [0.5, 0.6) is 0 Å². The summed E-state index contributed by atoms with van der Waals surface area (Å²) in [5, 5.41) is 0. The van der Waals surface area contributed by atoms with E-state index in [1.807, 2.05) is 6.07 Å². The van der Waals surface area contributed by atoms with Crippen LogP contribution < -0.4 is 0 Å². The van der Waals surface area contributed by atoms with Crippen LogP contribution >= 0.6 is 22.9 Å². The van der Waals surface area contributed by atoms with Crippen LogP contribution in [0.15, 0.2) is 12.1 Å². The quantitative estimate of drug-likeness (QED) is 0.778.